The van der Waals surface area contributed by atoms with Crippen molar-refractivity contribution in [1.29, 1.82) is 0 Å². The first kappa shape index (κ1) is 14.2. The van der Waals surface area contributed by atoms with Gasteiger partial charge in [0, 0.05) is 11.9 Å². The van der Waals surface area contributed by atoms with Crippen LogP contribution in [0.5, 0.6) is 0 Å². The lowest BCUT2D eigenvalue weighted by Gasteiger charge is -2.09. The molecule has 6 heteroatoms. The second-order valence-corrected chi connectivity index (χ2v) is 5.71. The Morgan fingerprint density at radius 2 is 2.09 bits per heavy atom. The molecule has 0 amide bonds. The predicted molar refractivity (Wildman–Crippen MR) is 91.6 cm³/mol. The van der Waals surface area contributed by atoms with Gasteiger partial charge in [-0.15, -0.1) is 11.3 Å². The van der Waals surface area contributed by atoms with Crippen LogP contribution in [0.15, 0.2) is 53.3 Å². The maximum Gasteiger partial charge on any atom is 0.0831 e. The van der Waals surface area contributed by atoms with Gasteiger partial charge in [0.25, 0.3) is 0 Å². The van der Waals surface area contributed by atoms with Crippen molar-refractivity contribution in [3.8, 4) is 10.4 Å². The lowest BCUT2D eigenvalue weighted by Crippen LogP contribution is -1.95. The number of rotatable bonds is 4. The summed E-state index contributed by atoms with van der Waals surface area (Å²) in [5, 5.41) is 6.82. The van der Waals surface area contributed by atoms with E-state index in [0.717, 1.165) is 27.5 Å². The number of thiazole rings is 1. The van der Waals surface area contributed by atoms with Crippen molar-refractivity contribution in [3.05, 3.63) is 59.5 Å². The van der Waals surface area contributed by atoms with E-state index < -0.39 is 0 Å². The smallest absolute Gasteiger partial charge is 0.0831 e. The molecule has 2 aromatic heterocycles. The predicted octanol–water partition coefficient (Wildman–Crippen LogP) is 3.55. The van der Waals surface area contributed by atoms with Crippen LogP contribution in [-0.4, -0.2) is 16.2 Å². The van der Waals surface area contributed by atoms with Crippen molar-refractivity contribution in [2.24, 2.45) is 10.9 Å². The molecular weight excluding hydrogens is 294 g/mol. The van der Waals surface area contributed by atoms with Gasteiger partial charge in [-0.05, 0) is 42.3 Å². The number of benzene rings is 1. The van der Waals surface area contributed by atoms with Crippen molar-refractivity contribution >= 4 is 28.9 Å². The minimum atomic E-state index is 0.725. The Bertz CT molecular complexity index is 779. The zero-order valence-corrected chi connectivity index (χ0v) is 12.8. The third-order valence-corrected chi connectivity index (χ3v) is 3.90. The number of aryl methyl sites for hydroxylation is 1. The molecule has 0 bridgehead atoms. The van der Waals surface area contributed by atoms with E-state index in [1.54, 1.807) is 17.5 Å². The standard InChI is InChI=1S/C16H15N5S/c1-11-4-12(16-9-18-10-22-16)6-15(5-11)21-14-3-2-13(8-20-17)19-7-14/h2-10,21H,17H2,1H3/b20-8+. The number of nitrogens with two attached hydrogens (primary N) is 1. The third kappa shape index (κ3) is 3.29. The topological polar surface area (TPSA) is 76.2 Å². The maximum absolute atomic E-state index is 5.11. The number of hydrogen-bond acceptors (Lipinski definition) is 6. The molecule has 0 spiro atoms. The molecule has 5 nitrogen and oxygen atoms in total. The molecule has 0 unspecified atom stereocenters. The van der Waals surface area contributed by atoms with Gasteiger partial charge in [-0.2, -0.15) is 5.10 Å². The number of aromatic nitrogens is 2. The first-order valence-corrected chi connectivity index (χ1v) is 7.59. The quantitative estimate of drug-likeness (QED) is 0.439. The third-order valence-electron chi connectivity index (χ3n) is 3.08. The highest BCUT2D eigenvalue weighted by Crippen LogP contribution is 2.28. The van der Waals surface area contributed by atoms with Crippen LogP contribution in [0.25, 0.3) is 10.4 Å². The normalized spacial score (nSPS) is 11.0. The molecule has 3 aromatic rings. The Labute approximate surface area is 132 Å². The van der Waals surface area contributed by atoms with E-state index in [0.29, 0.717) is 0 Å². The van der Waals surface area contributed by atoms with Gasteiger partial charge in [-0.1, -0.05) is 6.07 Å². The van der Waals surface area contributed by atoms with Crippen molar-refractivity contribution in [2.75, 3.05) is 5.32 Å². The first-order chi connectivity index (χ1) is 10.7. The minimum absolute atomic E-state index is 0.725. The Hall–Kier alpha value is -2.73. The molecule has 3 N–H and O–H groups in total. The highest BCUT2D eigenvalue weighted by Gasteiger charge is 2.04. The van der Waals surface area contributed by atoms with E-state index in [2.05, 4.69) is 45.5 Å². The van der Waals surface area contributed by atoms with Gasteiger partial charge in [-0.25, -0.2) is 0 Å². The summed E-state index contributed by atoms with van der Waals surface area (Å²) in [4.78, 5) is 9.55. The lowest BCUT2D eigenvalue weighted by atomic mass is 10.1. The van der Waals surface area contributed by atoms with Crippen molar-refractivity contribution < 1.29 is 0 Å². The van der Waals surface area contributed by atoms with Gasteiger partial charge in [0.15, 0.2) is 0 Å². The van der Waals surface area contributed by atoms with Crippen molar-refractivity contribution in [1.82, 2.24) is 9.97 Å². The number of anilines is 2. The summed E-state index contributed by atoms with van der Waals surface area (Å²) in [5.41, 5.74) is 6.84. The molecule has 3 rings (SSSR count). The fourth-order valence-electron chi connectivity index (χ4n) is 2.15. The van der Waals surface area contributed by atoms with Gasteiger partial charge in [0.05, 0.1) is 34.2 Å². The Morgan fingerprint density at radius 3 is 2.77 bits per heavy atom. The molecule has 1 aromatic carbocycles. The zero-order chi connectivity index (χ0) is 15.4. The number of nitrogens with zero attached hydrogens (tertiary/aromatic N) is 3. The molecule has 2 heterocycles. The van der Waals surface area contributed by atoms with Crippen LogP contribution in [0, 0.1) is 6.92 Å². The lowest BCUT2D eigenvalue weighted by molar-refractivity contribution is 1.23. The van der Waals surface area contributed by atoms with Gasteiger partial charge in [-0.3, -0.25) is 9.97 Å². The highest BCUT2D eigenvalue weighted by atomic mass is 32.1. The molecule has 0 aliphatic carbocycles. The minimum Gasteiger partial charge on any atom is -0.354 e. The van der Waals surface area contributed by atoms with E-state index >= 15 is 0 Å². The molecule has 22 heavy (non-hydrogen) atoms. The monoisotopic (exact) mass is 309 g/mol. The summed E-state index contributed by atoms with van der Waals surface area (Å²) in [5.74, 6) is 5.11. The Kier molecular flexibility index (Phi) is 4.11. The van der Waals surface area contributed by atoms with Crippen LogP contribution in [0.4, 0.5) is 11.4 Å². The molecule has 0 radical (unpaired) electrons. The fraction of sp³-hybridized carbons (Fsp3) is 0.0625. The number of hydrogen-bond donors (Lipinski definition) is 2. The largest absolute Gasteiger partial charge is 0.354 e. The maximum atomic E-state index is 5.11. The summed E-state index contributed by atoms with van der Waals surface area (Å²) in [6.07, 6.45) is 5.15. The van der Waals surface area contributed by atoms with E-state index in [1.165, 1.54) is 11.8 Å². The Balaban J connectivity index is 1.86. The van der Waals surface area contributed by atoms with Gasteiger partial charge in [0.1, 0.15) is 0 Å². The number of hydrazone groups is 1. The van der Waals surface area contributed by atoms with E-state index in [-0.39, 0.29) is 0 Å². The van der Waals surface area contributed by atoms with E-state index in [9.17, 15) is 0 Å². The Morgan fingerprint density at radius 1 is 1.18 bits per heavy atom. The van der Waals surface area contributed by atoms with Crippen molar-refractivity contribution in [3.63, 3.8) is 0 Å². The van der Waals surface area contributed by atoms with Crippen LogP contribution < -0.4 is 11.2 Å². The second kappa shape index (κ2) is 6.36. The van der Waals surface area contributed by atoms with Crippen LogP contribution in [0.3, 0.4) is 0 Å². The average Bonchev–Trinajstić information content (AvgIpc) is 3.03. The molecule has 0 fully saturated rings. The average molecular weight is 309 g/mol. The molecule has 0 atom stereocenters. The first-order valence-electron chi connectivity index (χ1n) is 6.71. The molecular formula is C16H15N5S. The summed E-state index contributed by atoms with van der Waals surface area (Å²) in [6.45, 7) is 2.08. The number of nitrogens with one attached hydrogen (secondary N) is 1. The van der Waals surface area contributed by atoms with Gasteiger partial charge >= 0.3 is 0 Å². The van der Waals surface area contributed by atoms with Crippen LogP contribution in [-0.2, 0) is 0 Å². The molecule has 110 valence electrons. The summed E-state index contributed by atoms with van der Waals surface area (Å²) >= 11 is 1.63. The zero-order valence-electron chi connectivity index (χ0n) is 12.0. The fourth-order valence-corrected chi connectivity index (χ4v) is 2.77. The van der Waals surface area contributed by atoms with Gasteiger partial charge < -0.3 is 11.2 Å². The molecule has 0 aliphatic heterocycles. The summed E-state index contributed by atoms with van der Waals surface area (Å²) in [7, 11) is 0. The molecule has 0 aliphatic rings. The molecule has 0 saturated heterocycles. The summed E-state index contributed by atoms with van der Waals surface area (Å²) < 4.78 is 0. The van der Waals surface area contributed by atoms with Crippen LogP contribution in [0.1, 0.15) is 11.3 Å². The second-order valence-electron chi connectivity index (χ2n) is 4.83. The van der Waals surface area contributed by atoms with Crippen LogP contribution in [0.2, 0.25) is 0 Å². The molecule has 0 saturated carbocycles. The summed E-state index contributed by atoms with van der Waals surface area (Å²) in [6, 6.07) is 10.2. The van der Waals surface area contributed by atoms with E-state index in [4.69, 9.17) is 5.84 Å². The number of pyridine rings is 1. The van der Waals surface area contributed by atoms with E-state index in [1.807, 2.05) is 23.8 Å². The highest BCUT2D eigenvalue weighted by molar-refractivity contribution is 7.13. The SMILES string of the molecule is Cc1cc(Nc2ccc(/C=N/N)nc2)cc(-c2cncs2)c1. The van der Waals surface area contributed by atoms with Crippen molar-refractivity contribution in [2.45, 2.75) is 6.92 Å². The van der Waals surface area contributed by atoms with Crippen LogP contribution >= 0.6 is 11.3 Å². The van der Waals surface area contributed by atoms with Gasteiger partial charge in [0.2, 0.25) is 0 Å².